The van der Waals surface area contributed by atoms with Gasteiger partial charge in [-0.05, 0) is 38.8 Å². The molecule has 6 heteroatoms. The smallest absolute Gasteiger partial charge is 0.241 e. The highest BCUT2D eigenvalue weighted by molar-refractivity contribution is 7.92. The molecule has 2 N–H and O–H groups in total. The van der Waals surface area contributed by atoms with E-state index in [0.29, 0.717) is 25.9 Å². The van der Waals surface area contributed by atoms with Crippen molar-refractivity contribution in [2.24, 2.45) is 0 Å². The number of nitrogens with one attached hydrogen (secondary N) is 2. The molecular weight excluding hydrogens is 276 g/mol. The molecule has 1 aliphatic heterocycles. The fraction of sp³-hybridized carbons (Fsp3) is 0.929. The van der Waals surface area contributed by atoms with Crippen LogP contribution in [0.3, 0.4) is 0 Å². The van der Waals surface area contributed by atoms with Crippen molar-refractivity contribution in [3.8, 4) is 0 Å². The summed E-state index contributed by atoms with van der Waals surface area (Å²) in [6, 6.07) is 0.151. The van der Waals surface area contributed by atoms with E-state index in [0.717, 1.165) is 25.7 Å². The van der Waals surface area contributed by atoms with Crippen molar-refractivity contribution in [3.05, 3.63) is 0 Å². The predicted octanol–water partition coefficient (Wildman–Crippen LogP) is 0.992. The Bertz CT molecular complexity index is 433. The van der Waals surface area contributed by atoms with Crippen molar-refractivity contribution in [2.45, 2.75) is 62.2 Å². The van der Waals surface area contributed by atoms with Gasteiger partial charge in [-0.1, -0.05) is 25.7 Å². The highest BCUT2D eigenvalue weighted by Gasteiger charge is 2.48. The molecule has 0 bridgehead atoms. The van der Waals surface area contributed by atoms with Gasteiger partial charge in [0, 0.05) is 12.3 Å². The van der Waals surface area contributed by atoms with E-state index in [1.807, 2.05) is 0 Å². The molecule has 1 amide bonds. The first-order valence-electron chi connectivity index (χ1n) is 7.67. The van der Waals surface area contributed by atoms with E-state index < -0.39 is 14.6 Å². The van der Waals surface area contributed by atoms with Crippen LogP contribution in [0.2, 0.25) is 0 Å². The minimum Gasteiger partial charge on any atom is -0.352 e. The maximum Gasteiger partial charge on any atom is 0.241 e. The molecule has 20 heavy (non-hydrogen) atoms. The molecule has 0 unspecified atom stereocenters. The number of piperidine rings is 1. The highest BCUT2D eigenvalue weighted by Crippen LogP contribution is 2.29. The minimum atomic E-state index is -3.40. The molecule has 0 radical (unpaired) electrons. The molecule has 1 heterocycles. The molecule has 1 saturated heterocycles. The average Bonchev–Trinajstić information content (AvgIpc) is 2.67. The first kappa shape index (κ1) is 15.8. The van der Waals surface area contributed by atoms with Crippen molar-refractivity contribution >= 4 is 15.7 Å². The molecule has 2 aliphatic rings. The number of sulfone groups is 1. The molecular formula is C14H26N2O3S. The molecule has 1 aliphatic carbocycles. The Hall–Kier alpha value is -0.620. The van der Waals surface area contributed by atoms with E-state index in [2.05, 4.69) is 10.6 Å². The summed E-state index contributed by atoms with van der Waals surface area (Å²) in [5.41, 5.74) is 0. The minimum absolute atomic E-state index is 0.151. The van der Waals surface area contributed by atoms with Gasteiger partial charge >= 0.3 is 0 Å². The fourth-order valence-electron chi connectivity index (χ4n) is 3.34. The summed E-state index contributed by atoms with van der Waals surface area (Å²) in [6.07, 6.45) is 8.59. The van der Waals surface area contributed by atoms with Gasteiger partial charge in [0.2, 0.25) is 5.91 Å². The van der Waals surface area contributed by atoms with Crippen LogP contribution in [-0.4, -0.2) is 44.5 Å². The summed E-state index contributed by atoms with van der Waals surface area (Å²) >= 11 is 0. The Labute approximate surface area is 121 Å². The maximum atomic E-state index is 12.6. The second-order valence-corrected chi connectivity index (χ2v) is 8.50. The lowest BCUT2D eigenvalue weighted by Crippen LogP contribution is -2.58. The van der Waals surface area contributed by atoms with E-state index in [9.17, 15) is 13.2 Å². The van der Waals surface area contributed by atoms with E-state index in [1.54, 1.807) is 0 Å². The van der Waals surface area contributed by atoms with Gasteiger partial charge < -0.3 is 10.6 Å². The maximum absolute atomic E-state index is 12.6. The summed E-state index contributed by atoms with van der Waals surface area (Å²) in [4.78, 5) is 12.6. The van der Waals surface area contributed by atoms with Crippen LogP contribution in [0.15, 0.2) is 0 Å². The summed E-state index contributed by atoms with van der Waals surface area (Å²) < 4.78 is 23.1. The van der Waals surface area contributed by atoms with Gasteiger partial charge in [0.05, 0.1) is 0 Å². The average molecular weight is 302 g/mol. The summed E-state index contributed by atoms with van der Waals surface area (Å²) in [5, 5.41) is 6.17. The SMILES string of the molecule is CS(=O)(=O)C1(C(=O)NC2CCCCCC2)CCNCC1. The van der Waals surface area contributed by atoms with Crippen LogP contribution in [0.4, 0.5) is 0 Å². The molecule has 0 aromatic heterocycles. The van der Waals surface area contributed by atoms with E-state index in [1.165, 1.54) is 19.1 Å². The van der Waals surface area contributed by atoms with Crippen LogP contribution in [0.5, 0.6) is 0 Å². The van der Waals surface area contributed by atoms with Crippen LogP contribution in [0, 0.1) is 0 Å². The predicted molar refractivity (Wildman–Crippen MR) is 79.3 cm³/mol. The Kier molecular flexibility index (Phi) is 5.07. The third kappa shape index (κ3) is 3.34. The Morgan fingerprint density at radius 1 is 1.10 bits per heavy atom. The van der Waals surface area contributed by atoms with Crippen molar-refractivity contribution in [1.82, 2.24) is 10.6 Å². The third-order valence-corrected chi connectivity index (χ3v) is 6.74. The zero-order valence-electron chi connectivity index (χ0n) is 12.3. The largest absolute Gasteiger partial charge is 0.352 e. The van der Waals surface area contributed by atoms with Crippen LogP contribution < -0.4 is 10.6 Å². The molecule has 0 aromatic carbocycles. The number of amides is 1. The van der Waals surface area contributed by atoms with Crippen molar-refractivity contribution in [2.75, 3.05) is 19.3 Å². The topological polar surface area (TPSA) is 75.3 Å². The summed E-state index contributed by atoms with van der Waals surface area (Å²) in [6.45, 7) is 1.18. The lowest BCUT2D eigenvalue weighted by Gasteiger charge is -2.35. The zero-order chi connectivity index (χ0) is 14.6. The molecule has 1 saturated carbocycles. The molecule has 0 spiro atoms. The molecule has 0 aromatic rings. The highest BCUT2D eigenvalue weighted by atomic mass is 32.2. The lowest BCUT2D eigenvalue weighted by molar-refractivity contribution is -0.125. The Morgan fingerprint density at radius 2 is 1.65 bits per heavy atom. The molecule has 2 rings (SSSR count). The van der Waals surface area contributed by atoms with Crippen LogP contribution >= 0.6 is 0 Å². The number of rotatable bonds is 3. The fourth-order valence-corrected chi connectivity index (χ4v) is 4.68. The van der Waals surface area contributed by atoms with Gasteiger partial charge in [0.15, 0.2) is 14.6 Å². The molecule has 5 nitrogen and oxygen atoms in total. The Morgan fingerprint density at radius 3 is 2.15 bits per heavy atom. The number of hydrogen-bond acceptors (Lipinski definition) is 4. The van der Waals surface area contributed by atoms with Gasteiger partial charge in [-0.25, -0.2) is 8.42 Å². The van der Waals surface area contributed by atoms with Crippen LogP contribution in [0.1, 0.15) is 51.4 Å². The van der Waals surface area contributed by atoms with Gasteiger partial charge in [0.25, 0.3) is 0 Å². The lowest BCUT2D eigenvalue weighted by atomic mass is 9.95. The van der Waals surface area contributed by atoms with Gasteiger partial charge in [-0.2, -0.15) is 0 Å². The standard InChI is InChI=1S/C14H26N2O3S/c1-20(18,19)14(8-10-15-11-9-14)13(17)16-12-6-4-2-3-5-7-12/h12,15H,2-11H2,1H3,(H,16,17). The van der Waals surface area contributed by atoms with Crippen molar-refractivity contribution in [3.63, 3.8) is 0 Å². The van der Waals surface area contributed by atoms with Crippen molar-refractivity contribution < 1.29 is 13.2 Å². The summed E-state index contributed by atoms with van der Waals surface area (Å²) in [7, 11) is -3.40. The number of carbonyl (C=O) groups excluding carboxylic acids is 1. The summed E-state index contributed by atoms with van der Waals surface area (Å²) in [5.74, 6) is -0.270. The van der Waals surface area contributed by atoms with Crippen LogP contribution in [0.25, 0.3) is 0 Å². The quantitative estimate of drug-likeness (QED) is 0.763. The van der Waals surface area contributed by atoms with E-state index in [-0.39, 0.29) is 11.9 Å². The molecule has 116 valence electrons. The van der Waals surface area contributed by atoms with E-state index >= 15 is 0 Å². The second-order valence-electron chi connectivity index (χ2n) is 6.18. The van der Waals surface area contributed by atoms with E-state index in [4.69, 9.17) is 0 Å². The normalized spacial score (nSPS) is 24.9. The first-order valence-corrected chi connectivity index (χ1v) is 9.56. The van der Waals surface area contributed by atoms with Gasteiger partial charge in [0.1, 0.15) is 0 Å². The molecule has 0 atom stereocenters. The van der Waals surface area contributed by atoms with Gasteiger partial charge in [-0.15, -0.1) is 0 Å². The first-order chi connectivity index (χ1) is 9.46. The third-order valence-electron chi connectivity index (χ3n) is 4.73. The number of carbonyl (C=O) groups is 1. The second kappa shape index (κ2) is 6.43. The monoisotopic (exact) mass is 302 g/mol. The van der Waals surface area contributed by atoms with Crippen LogP contribution in [-0.2, 0) is 14.6 Å². The Balaban J connectivity index is 2.10. The zero-order valence-corrected chi connectivity index (χ0v) is 13.1. The molecule has 2 fully saturated rings. The number of hydrogen-bond donors (Lipinski definition) is 2. The van der Waals surface area contributed by atoms with Crippen molar-refractivity contribution in [1.29, 1.82) is 0 Å². The van der Waals surface area contributed by atoms with Gasteiger partial charge in [-0.3, -0.25) is 4.79 Å².